The summed E-state index contributed by atoms with van der Waals surface area (Å²) in [6.07, 6.45) is 2.12. The number of benzene rings is 2. The van der Waals surface area contributed by atoms with E-state index < -0.39 is 0 Å². The zero-order valence-corrected chi connectivity index (χ0v) is 15.8. The third kappa shape index (κ3) is 6.66. The van der Waals surface area contributed by atoms with Crippen molar-refractivity contribution in [1.82, 2.24) is 5.32 Å². The fourth-order valence-electron chi connectivity index (χ4n) is 2.38. The molecule has 2 aromatic rings. The molecule has 0 aliphatic heterocycles. The molecule has 6 heteroatoms. The molecule has 2 rings (SSSR count). The van der Waals surface area contributed by atoms with Gasteiger partial charge < -0.3 is 20.1 Å². The first-order valence-electron chi connectivity index (χ1n) is 9.08. The number of anilines is 1. The van der Waals surface area contributed by atoms with Crippen LogP contribution in [0.2, 0.25) is 0 Å². The van der Waals surface area contributed by atoms with E-state index in [4.69, 9.17) is 9.47 Å². The smallest absolute Gasteiger partial charge is 0.251 e. The zero-order valence-electron chi connectivity index (χ0n) is 15.8. The predicted octanol–water partition coefficient (Wildman–Crippen LogP) is 3.63. The van der Waals surface area contributed by atoms with Crippen molar-refractivity contribution in [2.24, 2.45) is 0 Å². The molecule has 0 aromatic heterocycles. The van der Waals surface area contributed by atoms with Crippen molar-refractivity contribution in [3.63, 3.8) is 0 Å². The third-order valence-corrected chi connectivity index (χ3v) is 3.89. The van der Waals surface area contributed by atoms with Crippen molar-refractivity contribution in [3.05, 3.63) is 54.1 Å². The Hall–Kier alpha value is -3.02. The number of hydrogen-bond acceptors (Lipinski definition) is 4. The molecule has 0 unspecified atom stereocenters. The number of hydrogen-bond donors (Lipinski definition) is 2. The number of unbranched alkanes of at least 4 members (excludes halogenated alkanes) is 1. The quantitative estimate of drug-likeness (QED) is 0.626. The van der Waals surface area contributed by atoms with Gasteiger partial charge in [-0.3, -0.25) is 9.59 Å². The van der Waals surface area contributed by atoms with Gasteiger partial charge in [0.15, 0.2) is 0 Å². The van der Waals surface area contributed by atoms with E-state index in [-0.39, 0.29) is 24.8 Å². The largest absolute Gasteiger partial charge is 0.497 e. The van der Waals surface area contributed by atoms with Crippen LogP contribution in [-0.2, 0) is 4.79 Å². The van der Waals surface area contributed by atoms with E-state index in [9.17, 15) is 9.59 Å². The van der Waals surface area contributed by atoms with E-state index in [0.717, 1.165) is 12.8 Å². The van der Waals surface area contributed by atoms with Gasteiger partial charge in [0, 0.05) is 24.6 Å². The van der Waals surface area contributed by atoms with Gasteiger partial charge >= 0.3 is 0 Å². The summed E-state index contributed by atoms with van der Waals surface area (Å²) < 4.78 is 11.0. The van der Waals surface area contributed by atoms with Crippen LogP contribution >= 0.6 is 0 Å². The van der Waals surface area contributed by atoms with E-state index in [1.807, 2.05) is 6.07 Å². The van der Waals surface area contributed by atoms with Crippen molar-refractivity contribution in [2.75, 3.05) is 25.6 Å². The number of ether oxygens (including phenoxy) is 2. The van der Waals surface area contributed by atoms with Crippen LogP contribution in [0.4, 0.5) is 5.69 Å². The average molecular weight is 370 g/mol. The molecule has 2 aromatic carbocycles. The summed E-state index contributed by atoms with van der Waals surface area (Å²) in [5, 5.41) is 5.57. The first-order valence-corrected chi connectivity index (χ1v) is 9.08. The van der Waals surface area contributed by atoms with Gasteiger partial charge in [0.05, 0.1) is 19.4 Å². The highest BCUT2D eigenvalue weighted by Gasteiger charge is 2.11. The Labute approximate surface area is 159 Å². The van der Waals surface area contributed by atoms with Crippen LogP contribution in [-0.4, -0.2) is 32.1 Å². The minimum Gasteiger partial charge on any atom is -0.497 e. The van der Waals surface area contributed by atoms with Crippen LogP contribution in [0.1, 0.15) is 36.5 Å². The van der Waals surface area contributed by atoms with Crippen molar-refractivity contribution in [3.8, 4) is 11.5 Å². The highest BCUT2D eigenvalue weighted by molar-refractivity contribution is 5.95. The van der Waals surface area contributed by atoms with Crippen molar-refractivity contribution in [2.45, 2.75) is 26.2 Å². The Balaban J connectivity index is 1.89. The molecule has 2 amide bonds. The molecular weight excluding hydrogens is 344 g/mol. The summed E-state index contributed by atoms with van der Waals surface area (Å²) in [6, 6.07) is 14.2. The first kappa shape index (κ1) is 20.3. The number of rotatable bonds is 10. The highest BCUT2D eigenvalue weighted by atomic mass is 16.5. The molecule has 0 saturated heterocycles. The van der Waals surface area contributed by atoms with Crippen LogP contribution in [0.5, 0.6) is 11.5 Å². The van der Waals surface area contributed by atoms with Gasteiger partial charge in [0.2, 0.25) is 5.91 Å². The molecular formula is C21H26N2O4. The standard InChI is InChI=1S/C21H26N2O4/c1-3-4-14-27-19-11-10-17(26-2)15-18(19)23-20(24)12-13-22-21(25)16-8-6-5-7-9-16/h5-11,15H,3-4,12-14H2,1-2H3,(H,22,25)(H,23,24). The van der Waals surface area contributed by atoms with Crippen molar-refractivity contribution < 1.29 is 19.1 Å². The second-order valence-corrected chi connectivity index (χ2v) is 5.98. The van der Waals surface area contributed by atoms with Gasteiger partial charge in [0.1, 0.15) is 11.5 Å². The van der Waals surface area contributed by atoms with E-state index in [0.29, 0.717) is 29.4 Å². The van der Waals surface area contributed by atoms with Gasteiger partial charge in [-0.05, 0) is 30.7 Å². The SMILES string of the molecule is CCCCOc1ccc(OC)cc1NC(=O)CCNC(=O)c1ccccc1. The molecule has 2 N–H and O–H groups in total. The molecule has 0 aliphatic carbocycles. The van der Waals surface area contributed by atoms with Crippen LogP contribution in [0.3, 0.4) is 0 Å². The normalized spacial score (nSPS) is 10.1. The lowest BCUT2D eigenvalue weighted by atomic mass is 10.2. The van der Waals surface area contributed by atoms with Crippen LogP contribution in [0.25, 0.3) is 0 Å². The summed E-state index contributed by atoms with van der Waals surface area (Å²) in [5.74, 6) is 0.821. The molecule has 0 radical (unpaired) electrons. The van der Waals surface area contributed by atoms with Gasteiger partial charge in [0.25, 0.3) is 5.91 Å². The number of carbonyl (C=O) groups excluding carboxylic acids is 2. The summed E-state index contributed by atoms with van der Waals surface area (Å²) in [5.41, 5.74) is 1.13. The number of amides is 2. The monoisotopic (exact) mass is 370 g/mol. The van der Waals surface area contributed by atoms with Crippen LogP contribution in [0, 0.1) is 0 Å². The summed E-state index contributed by atoms with van der Waals surface area (Å²) >= 11 is 0. The maximum absolute atomic E-state index is 12.3. The third-order valence-electron chi connectivity index (χ3n) is 3.89. The molecule has 144 valence electrons. The van der Waals surface area contributed by atoms with E-state index in [1.165, 1.54) is 0 Å². The van der Waals surface area contributed by atoms with E-state index in [1.54, 1.807) is 49.6 Å². The lowest BCUT2D eigenvalue weighted by Gasteiger charge is -2.14. The van der Waals surface area contributed by atoms with Gasteiger partial charge in [-0.1, -0.05) is 31.5 Å². The summed E-state index contributed by atoms with van der Waals surface area (Å²) in [6.45, 7) is 2.91. The molecule has 0 aliphatic rings. The van der Waals surface area contributed by atoms with E-state index >= 15 is 0 Å². The molecule has 6 nitrogen and oxygen atoms in total. The Morgan fingerprint density at radius 1 is 1.07 bits per heavy atom. The van der Waals surface area contributed by atoms with Gasteiger partial charge in [-0.15, -0.1) is 0 Å². The predicted molar refractivity (Wildman–Crippen MR) is 105 cm³/mol. The molecule has 0 spiro atoms. The second-order valence-electron chi connectivity index (χ2n) is 5.98. The van der Waals surface area contributed by atoms with Crippen LogP contribution in [0.15, 0.2) is 48.5 Å². The van der Waals surface area contributed by atoms with Gasteiger partial charge in [-0.2, -0.15) is 0 Å². The Morgan fingerprint density at radius 2 is 1.85 bits per heavy atom. The maximum Gasteiger partial charge on any atom is 0.251 e. The molecule has 0 saturated carbocycles. The minimum atomic E-state index is -0.211. The average Bonchev–Trinajstić information content (AvgIpc) is 2.69. The lowest BCUT2D eigenvalue weighted by molar-refractivity contribution is -0.116. The lowest BCUT2D eigenvalue weighted by Crippen LogP contribution is -2.27. The van der Waals surface area contributed by atoms with Gasteiger partial charge in [-0.25, -0.2) is 0 Å². The van der Waals surface area contributed by atoms with Crippen LogP contribution < -0.4 is 20.1 Å². The number of methoxy groups -OCH3 is 1. The number of carbonyl (C=O) groups is 2. The Kier molecular flexibility index (Phi) is 8.16. The Morgan fingerprint density at radius 3 is 2.56 bits per heavy atom. The first-order chi connectivity index (χ1) is 13.1. The molecule has 0 atom stereocenters. The van der Waals surface area contributed by atoms with E-state index in [2.05, 4.69) is 17.6 Å². The van der Waals surface area contributed by atoms with Crippen molar-refractivity contribution >= 4 is 17.5 Å². The molecule has 0 bridgehead atoms. The van der Waals surface area contributed by atoms with Crippen molar-refractivity contribution in [1.29, 1.82) is 0 Å². The fraction of sp³-hybridized carbons (Fsp3) is 0.333. The summed E-state index contributed by atoms with van der Waals surface area (Å²) in [7, 11) is 1.57. The minimum absolute atomic E-state index is 0.157. The fourth-order valence-corrected chi connectivity index (χ4v) is 2.38. The topological polar surface area (TPSA) is 76.7 Å². The molecule has 0 fully saturated rings. The number of nitrogens with one attached hydrogen (secondary N) is 2. The summed E-state index contributed by atoms with van der Waals surface area (Å²) in [4.78, 5) is 24.2. The maximum atomic E-state index is 12.3. The molecule has 0 heterocycles. The highest BCUT2D eigenvalue weighted by Crippen LogP contribution is 2.29. The second kappa shape index (κ2) is 10.9. The zero-order chi connectivity index (χ0) is 19.5. The molecule has 27 heavy (non-hydrogen) atoms. The Bertz CT molecular complexity index is 747.